The van der Waals surface area contributed by atoms with Gasteiger partial charge in [0.25, 0.3) is 0 Å². The summed E-state index contributed by atoms with van der Waals surface area (Å²) in [4.78, 5) is 19.0. The largest absolute Gasteiger partial charge is 0.362 e. The highest BCUT2D eigenvalue weighted by molar-refractivity contribution is 8.01. The van der Waals surface area contributed by atoms with Crippen molar-refractivity contribution in [1.29, 1.82) is 0 Å². The summed E-state index contributed by atoms with van der Waals surface area (Å²) in [6, 6.07) is 1.89. The van der Waals surface area contributed by atoms with Gasteiger partial charge >= 0.3 is 0 Å². The number of thioether (sulfide) groups is 1. The minimum Gasteiger partial charge on any atom is -0.362 e. The maximum absolute atomic E-state index is 11.9. The molecule has 4 nitrogen and oxygen atoms in total. The molecule has 0 saturated carbocycles. The number of nitrogens with zero attached hydrogens (tertiary/aromatic N) is 2. The fraction of sp³-hybridized carbons (Fsp3) is 0.300. The molecule has 84 valence electrons. The van der Waals surface area contributed by atoms with Gasteiger partial charge in [0.1, 0.15) is 6.33 Å². The Bertz CT molecular complexity index is 490. The quantitative estimate of drug-likeness (QED) is 0.671. The van der Waals surface area contributed by atoms with Crippen molar-refractivity contribution in [3.63, 3.8) is 0 Å². The van der Waals surface area contributed by atoms with E-state index in [2.05, 4.69) is 14.3 Å². The number of aryl methyl sites for hydroxylation is 2. The first kappa shape index (κ1) is 11.3. The maximum atomic E-state index is 11.9. The highest BCUT2D eigenvalue weighted by Crippen LogP contribution is 2.20. The normalized spacial score (nSPS) is 10.6. The minimum atomic E-state index is 0.127. The summed E-state index contributed by atoms with van der Waals surface area (Å²) in [5.74, 6) is 0.537. The number of rotatable bonds is 4. The van der Waals surface area contributed by atoms with Crippen LogP contribution in [0.3, 0.4) is 0 Å². The third-order valence-electron chi connectivity index (χ3n) is 2.12. The van der Waals surface area contributed by atoms with Crippen molar-refractivity contribution in [2.75, 3.05) is 5.75 Å². The van der Waals surface area contributed by atoms with Gasteiger partial charge in [-0.05, 0) is 31.4 Å². The molecule has 0 radical (unpaired) electrons. The average molecular weight is 253 g/mol. The van der Waals surface area contributed by atoms with Crippen molar-refractivity contribution >= 4 is 29.1 Å². The first-order valence-electron chi connectivity index (χ1n) is 4.75. The Morgan fingerprint density at radius 2 is 2.38 bits per heavy atom. The highest BCUT2D eigenvalue weighted by atomic mass is 32.2. The Hall–Kier alpha value is -1.14. The number of aromatic amines is 1. The smallest absolute Gasteiger partial charge is 0.174 e. The second-order valence-corrected chi connectivity index (χ2v) is 5.41. The van der Waals surface area contributed by atoms with E-state index in [1.807, 2.05) is 19.9 Å². The van der Waals surface area contributed by atoms with Crippen LogP contribution in [0.1, 0.15) is 21.7 Å². The monoisotopic (exact) mass is 253 g/mol. The van der Waals surface area contributed by atoms with Gasteiger partial charge in [0, 0.05) is 17.0 Å². The molecule has 0 aliphatic heterocycles. The number of carbonyl (C=O) groups is 1. The van der Waals surface area contributed by atoms with Gasteiger partial charge in [0.15, 0.2) is 10.1 Å². The maximum Gasteiger partial charge on any atom is 0.174 e. The van der Waals surface area contributed by atoms with Crippen LogP contribution < -0.4 is 0 Å². The van der Waals surface area contributed by atoms with Gasteiger partial charge in [-0.1, -0.05) is 11.8 Å². The molecule has 0 fully saturated rings. The molecule has 0 aliphatic carbocycles. The van der Waals surface area contributed by atoms with Crippen LogP contribution in [0, 0.1) is 13.8 Å². The summed E-state index contributed by atoms with van der Waals surface area (Å²) in [5, 5.41) is 0. The van der Waals surface area contributed by atoms with E-state index in [1.54, 1.807) is 0 Å². The van der Waals surface area contributed by atoms with Crippen molar-refractivity contribution in [2.45, 2.75) is 18.2 Å². The molecule has 1 N–H and O–H groups in total. The van der Waals surface area contributed by atoms with Crippen LogP contribution in [0.15, 0.2) is 16.7 Å². The van der Waals surface area contributed by atoms with Gasteiger partial charge in [0.2, 0.25) is 0 Å². The number of nitrogens with one attached hydrogen (secondary N) is 1. The van der Waals surface area contributed by atoms with Crippen molar-refractivity contribution in [3.05, 3.63) is 29.3 Å². The third kappa shape index (κ3) is 2.51. The molecular formula is C10H11N3OS2. The average Bonchev–Trinajstić information content (AvgIpc) is 2.84. The van der Waals surface area contributed by atoms with E-state index < -0.39 is 0 Å². The lowest BCUT2D eigenvalue weighted by Gasteiger charge is -1.97. The van der Waals surface area contributed by atoms with Gasteiger partial charge < -0.3 is 4.98 Å². The molecular weight excluding hydrogens is 242 g/mol. The Morgan fingerprint density at radius 1 is 1.56 bits per heavy atom. The van der Waals surface area contributed by atoms with Gasteiger partial charge in [-0.25, -0.2) is 4.98 Å². The molecule has 0 aromatic carbocycles. The fourth-order valence-electron chi connectivity index (χ4n) is 1.45. The zero-order chi connectivity index (χ0) is 11.5. The summed E-state index contributed by atoms with van der Waals surface area (Å²) in [6.07, 6.45) is 1.50. The van der Waals surface area contributed by atoms with Crippen LogP contribution in [0.5, 0.6) is 0 Å². The summed E-state index contributed by atoms with van der Waals surface area (Å²) >= 11 is 2.74. The van der Waals surface area contributed by atoms with E-state index >= 15 is 0 Å². The fourth-order valence-corrected chi connectivity index (χ4v) is 2.77. The molecule has 0 unspecified atom stereocenters. The molecule has 0 amide bonds. The molecule has 2 heterocycles. The van der Waals surface area contributed by atoms with E-state index in [4.69, 9.17) is 0 Å². The topological polar surface area (TPSA) is 58.6 Å². The van der Waals surface area contributed by atoms with E-state index in [0.29, 0.717) is 5.75 Å². The van der Waals surface area contributed by atoms with Crippen LogP contribution >= 0.6 is 23.3 Å². The molecule has 0 saturated heterocycles. The Kier molecular flexibility index (Phi) is 3.40. The molecule has 16 heavy (non-hydrogen) atoms. The van der Waals surface area contributed by atoms with Crippen molar-refractivity contribution in [3.8, 4) is 0 Å². The van der Waals surface area contributed by atoms with E-state index in [-0.39, 0.29) is 5.78 Å². The highest BCUT2D eigenvalue weighted by Gasteiger charge is 2.12. The number of carbonyl (C=O) groups excluding carboxylic acids is 1. The second kappa shape index (κ2) is 4.80. The molecule has 0 aliphatic rings. The predicted molar refractivity (Wildman–Crippen MR) is 65.2 cm³/mol. The summed E-state index contributed by atoms with van der Waals surface area (Å²) in [6.45, 7) is 3.86. The number of ketones is 1. The zero-order valence-corrected chi connectivity index (χ0v) is 10.6. The molecule has 0 bridgehead atoms. The summed E-state index contributed by atoms with van der Waals surface area (Å²) in [7, 11) is 0. The van der Waals surface area contributed by atoms with E-state index in [1.165, 1.54) is 29.6 Å². The lowest BCUT2D eigenvalue weighted by atomic mass is 10.2. The lowest BCUT2D eigenvalue weighted by Crippen LogP contribution is -2.02. The summed E-state index contributed by atoms with van der Waals surface area (Å²) < 4.78 is 4.72. The molecule has 2 aromatic heterocycles. The number of hydrogen-bond acceptors (Lipinski definition) is 5. The molecule has 6 heteroatoms. The van der Waals surface area contributed by atoms with Crippen molar-refractivity contribution in [2.24, 2.45) is 0 Å². The first-order chi connectivity index (χ1) is 7.66. The van der Waals surface area contributed by atoms with Crippen molar-refractivity contribution in [1.82, 2.24) is 14.3 Å². The zero-order valence-electron chi connectivity index (χ0n) is 8.98. The van der Waals surface area contributed by atoms with Gasteiger partial charge in [-0.3, -0.25) is 4.79 Å². The molecule has 2 aromatic rings. The van der Waals surface area contributed by atoms with Crippen LogP contribution in [0.4, 0.5) is 0 Å². The van der Waals surface area contributed by atoms with Crippen LogP contribution in [-0.4, -0.2) is 25.9 Å². The lowest BCUT2D eigenvalue weighted by molar-refractivity contribution is 0.102. The molecule has 2 rings (SSSR count). The van der Waals surface area contributed by atoms with Crippen LogP contribution in [0.2, 0.25) is 0 Å². The Morgan fingerprint density at radius 3 is 2.94 bits per heavy atom. The van der Waals surface area contributed by atoms with Gasteiger partial charge in [0.05, 0.1) is 5.75 Å². The van der Waals surface area contributed by atoms with Crippen molar-refractivity contribution < 1.29 is 4.79 Å². The Labute approximate surface area is 102 Å². The van der Waals surface area contributed by atoms with E-state index in [9.17, 15) is 4.79 Å². The molecule has 0 atom stereocenters. The minimum absolute atomic E-state index is 0.127. The number of H-pyrrole nitrogens is 1. The van der Waals surface area contributed by atoms with Gasteiger partial charge in [-0.2, -0.15) is 4.37 Å². The van der Waals surface area contributed by atoms with Crippen LogP contribution in [-0.2, 0) is 0 Å². The third-order valence-corrected chi connectivity index (χ3v) is 3.92. The van der Waals surface area contributed by atoms with Gasteiger partial charge in [-0.15, -0.1) is 0 Å². The predicted octanol–water partition coefficient (Wildman–Crippen LogP) is 2.46. The second-order valence-electron chi connectivity index (χ2n) is 3.41. The standard InChI is InChI=1S/C10H11N3OS2/c1-6-3-8(7(2)13-6)9(14)4-15-10-11-5-12-16-10/h3,5,13H,4H2,1-2H3. The van der Waals surface area contributed by atoms with E-state index in [0.717, 1.165) is 21.3 Å². The first-order valence-corrected chi connectivity index (χ1v) is 6.51. The number of aromatic nitrogens is 3. The molecule has 0 spiro atoms. The number of Topliss-reactive ketones (excluding diaryl/α,β-unsaturated/α-hetero) is 1. The Balaban J connectivity index is 2.01. The van der Waals surface area contributed by atoms with Crippen LogP contribution in [0.25, 0.3) is 0 Å². The number of hydrogen-bond donors (Lipinski definition) is 1. The summed E-state index contributed by atoms with van der Waals surface area (Å²) in [5.41, 5.74) is 2.72. The SMILES string of the molecule is Cc1cc(C(=O)CSc2ncns2)c(C)[nH]1.